The smallest absolute Gasteiger partial charge is 0.262 e. The number of aryl methyl sites for hydroxylation is 1. The molecule has 0 saturated carbocycles. The van der Waals surface area contributed by atoms with Crippen LogP contribution in [0.4, 0.5) is 0 Å². The number of hydrogen-bond donors (Lipinski definition) is 0. The van der Waals surface area contributed by atoms with Crippen LogP contribution in [0.1, 0.15) is 15.9 Å². The molecule has 4 rings (SSSR count). The SMILES string of the molecule is O=C(CSc1nc2ccccc2c(=O)n1CCc1ccccc1)c1ccc(Br)cc1. The van der Waals surface area contributed by atoms with Crippen molar-refractivity contribution in [1.29, 1.82) is 0 Å². The monoisotopic (exact) mass is 478 g/mol. The van der Waals surface area contributed by atoms with Crippen molar-refractivity contribution in [2.75, 3.05) is 5.75 Å². The van der Waals surface area contributed by atoms with Gasteiger partial charge in [-0.05, 0) is 36.2 Å². The van der Waals surface area contributed by atoms with E-state index in [1.54, 1.807) is 22.8 Å². The molecule has 0 aliphatic heterocycles. The summed E-state index contributed by atoms with van der Waals surface area (Å²) in [7, 11) is 0. The maximum absolute atomic E-state index is 13.1. The molecule has 0 aliphatic rings. The van der Waals surface area contributed by atoms with E-state index in [4.69, 9.17) is 4.98 Å². The second-order valence-corrected chi connectivity index (χ2v) is 8.68. The van der Waals surface area contributed by atoms with Gasteiger partial charge in [0.2, 0.25) is 0 Å². The van der Waals surface area contributed by atoms with Gasteiger partial charge in [0, 0.05) is 16.6 Å². The average molecular weight is 479 g/mol. The zero-order valence-electron chi connectivity index (χ0n) is 16.1. The van der Waals surface area contributed by atoms with Crippen LogP contribution in [0.25, 0.3) is 10.9 Å². The fourth-order valence-corrected chi connectivity index (χ4v) is 4.37. The van der Waals surface area contributed by atoms with Gasteiger partial charge in [0.25, 0.3) is 5.56 Å². The molecule has 4 nitrogen and oxygen atoms in total. The fraction of sp³-hybridized carbons (Fsp3) is 0.125. The third-order valence-corrected chi connectivity index (χ3v) is 6.30. The number of aromatic nitrogens is 2. The van der Waals surface area contributed by atoms with Crippen molar-refractivity contribution in [2.45, 2.75) is 18.1 Å². The Kier molecular flexibility index (Phi) is 6.45. The minimum absolute atomic E-state index is 0.00418. The largest absolute Gasteiger partial charge is 0.293 e. The third kappa shape index (κ3) is 4.71. The molecular formula is C24H19BrN2O2S. The minimum atomic E-state index is -0.0740. The average Bonchev–Trinajstić information content (AvgIpc) is 2.78. The Morgan fingerprint density at radius 1 is 0.933 bits per heavy atom. The van der Waals surface area contributed by atoms with E-state index in [2.05, 4.69) is 15.9 Å². The van der Waals surface area contributed by atoms with Crippen LogP contribution in [0.15, 0.2) is 93.3 Å². The number of Topliss-reactive ketones (excluding diaryl/α,β-unsaturated/α-hetero) is 1. The molecule has 3 aromatic carbocycles. The molecule has 6 heteroatoms. The zero-order valence-corrected chi connectivity index (χ0v) is 18.5. The second kappa shape index (κ2) is 9.41. The van der Waals surface area contributed by atoms with E-state index < -0.39 is 0 Å². The molecule has 0 unspecified atom stereocenters. The van der Waals surface area contributed by atoms with E-state index in [1.807, 2.05) is 60.7 Å². The highest BCUT2D eigenvalue weighted by Crippen LogP contribution is 2.20. The Morgan fingerprint density at radius 2 is 1.63 bits per heavy atom. The molecule has 0 N–H and O–H groups in total. The maximum Gasteiger partial charge on any atom is 0.262 e. The van der Waals surface area contributed by atoms with Crippen molar-refractivity contribution < 1.29 is 4.79 Å². The Bertz CT molecular complexity index is 1240. The van der Waals surface area contributed by atoms with E-state index in [0.717, 1.165) is 16.5 Å². The normalized spacial score (nSPS) is 11.0. The molecule has 0 fully saturated rings. The number of thioether (sulfide) groups is 1. The van der Waals surface area contributed by atoms with E-state index in [1.165, 1.54) is 11.8 Å². The van der Waals surface area contributed by atoms with Crippen LogP contribution in [-0.2, 0) is 13.0 Å². The summed E-state index contributed by atoms with van der Waals surface area (Å²) in [5, 5.41) is 1.16. The number of nitrogens with zero attached hydrogens (tertiary/aromatic N) is 2. The molecule has 150 valence electrons. The van der Waals surface area contributed by atoms with Gasteiger partial charge in [-0.2, -0.15) is 0 Å². The number of rotatable bonds is 7. The summed E-state index contributed by atoms with van der Waals surface area (Å²) in [5.74, 6) is 0.224. The highest BCUT2D eigenvalue weighted by atomic mass is 79.9. The number of halogens is 1. The predicted molar refractivity (Wildman–Crippen MR) is 125 cm³/mol. The van der Waals surface area contributed by atoms with Gasteiger partial charge in [0.15, 0.2) is 10.9 Å². The van der Waals surface area contributed by atoms with Gasteiger partial charge in [-0.15, -0.1) is 0 Å². The van der Waals surface area contributed by atoms with Crippen LogP contribution in [0, 0.1) is 0 Å². The molecular weight excluding hydrogens is 460 g/mol. The molecule has 4 aromatic rings. The summed E-state index contributed by atoms with van der Waals surface area (Å²) >= 11 is 4.69. The van der Waals surface area contributed by atoms with Crippen molar-refractivity contribution in [3.8, 4) is 0 Å². The first kappa shape index (κ1) is 20.6. The lowest BCUT2D eigenvalue weighted by molar-refractivity contribution is 0.102. The van der Waals surface area contributed by atoms with Gasteiger partial charge in [0.1, 0.15) is 0 Å². The van der Waals surface area contributed by atoms with Crippen molar-refractivity contribution in [1.82, 2.24) is 9.55 Å². The Balaban J connectivity index is 1.62. The van der Waals surface area contributed by atoms with Crippen LogP contribution in [0.5, 0.6) is 0 Å². The Morgan fingerprint density at radius 3 is 2.40 bits per heavy atom. The lowest BCUT2D eigenvalue weighted by Gasteiger charge is -2.13. The Hall–Kier alpha value is -2.70. The van der Waals surface area contributed by atoms with Gasteiger partial charge in [-0.25, -0.2) is 4.98 Å². The first-order valence-electron chi connectivity index (χ1n) is 9.57. The number of hydrogen-bond acceptors (Lipinski definition) is 4. The van der Waals surface area contributed by atoms with E-state index in [-0.39, 0.29) is 17.1 Å². The molecule has 0 radical (unpaired) electrons. The van der Waals surface area contributed by atoms with Crippen LogP contribution in [0.2, 0.25) is 0 Å². The van der Waals surface area contributed by atoms with Gasteiger partial charge in [0.05, 0.1) is 16.7 Å². The van der Waals surface area contributed by atoms with Crippen molar-refractivity contribution in [2.24, 2.45) is 0 Å². The lowest BCUT2D eigenvalue weighted by Crippen LogP contribution is -2.24. The standard InChI is InChI=1S/C24H19BrN2O2S/c25-19-12-10-18(11-13-19)22(28)16-30-24-26-21-9-5-4-8-20(21)23(29)27(24)15-14-17-6-2-1-3-7-17/h1-13H,14-16H2. The lowest BCUT2D eigenvalue weighted by atomic mass is 10.1. The van der Waals surface area contributed by atoms with Crippen molar-refractivity contribution in [3.63, 3.8) is 0 Å². The maximum atomic E-state index is 13.1. The van der Waals surface area contributed by atoms with Crippen molar-refractivity contribution in [3.05, 3.63) is 105 Å². The molecule has 0 atom stereocenters. The van der Waals surface area contributed by atoms with Gasteiger partial charge in [-0.3, -0.25) is 14.2 Å². The number of carbonyl (C=O) groups is 1. The quantitative estimate of drug-likeness (QED) is 0.203. The number of ketones is 1. The first-order chi connectivity index (χ1) is 14.6. The first-order valence-corrected chi connectivity index (χ1v) is 11.3. The minimum Gasteiger partial charge on any atom is -0.293 e. The molecule has 0 aliphatic carbocycles. The van der Waals surface area contributed by atoms with Gasteiger partial charge in [-0.1, -0.05) is 82.3 Å². The number of benzene rings is 3. The van der Waals surface area contributed by atoms with E-state index >= 15 is 0 Å². The Labute approximate surface area is 187 Å². The molecule has 1 aromatic heterocycles. The summed E-state index contributed by atoms with van der Waals surface area (Å²) in [4.78, 5) is 30.5. The van der Waals surface area contributed by atoms with E-state index in [0.29, 0.717) is 28.2 Å². The third-order valence-electron chi connectivity index (χ3n) is 4.79. The predicted octanol–water partition coefficient (Wildman–Crippen LogP) is 5.38. The van der Waals surface area contributed by atoms with Crippen LogP contribution >= 0.6 is 27.7 Å². The summed E-state index contributed by atoms with van der Waals surface area (Å²) in [6, 6.07) is 24.7. The molecule has 0 bridgehead atoms. The number of carbonyl (C=O) groups excluding carboxylic acids is 1. The zero-order chi connectivity index (χ0) is 20.9. The van der Waals surface area contributed by atoms with Crippen LogP contribution in [-0.4, -0.2) is 21.1 Å². The van der Waals surface area contributed by atoms with Crippen LogP contribution in [0.3, 0.4) is 0 Å². The molecule has 0 amide bonds. The van der Waals surface area contributed by atoms with Gasteiger partial charge < -0.3 is 0 Å². The topological polar surface area (TPSA) is 52.0 Å². The number of para-hydroxylation sites is 1. The fourth-order valence-electron chi connectivity index (χ4n) is 3.19. The van der Waals surface area contributed by atoms with Crippen LogP contribution < -0.4 is 5.56 Å². The van der Waals surface area contributed by atoms with E-state index in [9.17, 15) is 9.59 Å². The number of fused-ring (bicyclic) bond motifs is 1. The highest BCUT2D eigenvalue weighted by Gasteiger charge is 2.14. The van der Waals surface area contributed by atoms with Crippen molar-refractivity contribution >= 4 is 44.4 Å². The molecule has 1 heterocycles. The summed E-state index contributed by atoms with van der Waals surface area (Å²) < 4.78 is 2.62. The summed E-state index contributed by atoms with van der Waals surface area (Å²) in [6.45, 7) is 0.509. The summed E-state index contributed by atoms with van der Waals surface area (Å²) in [6.07, 6.45) is 0.717. The molecule has 30 heavy (non-hydrogen) atoms. The highest BCUT2D eigenvalue weighted by molar-refractivity contribution is 9.10. The van der Waals surface area contributed by atoms with Gasteiger partial charge >= 0.3 is 0 Å². The molecule has 0 saturated heterocycles. The summed E-state index contributed by atoms with van der Waals surface area (Å²) in [5.41, 5.74) is 2.37. The second-order valence-electron chi connectivity index (χ2n) is 6.82. The molecule has 0 spiro atoms.